The number of hydrogen-bond donors (Lipinski definition) is 1. The molecule has 0 atom stereocenters. The van der Waals surface area contributed by atoms with Gasteiger partial charge in [0, 0.05) is 38.7 Å². The van der Waals surface area contributed by atoms with Crippen LogP contribution in [0.25, 0.3) is 16.9 Å². The molecule has 0 aliphatic heterocycles. The number of ketones is 2. The Bertz CT molecular complexity index is 2220. The fourth-order valence-corrected chi connectivity index (χ4v) is 6.20. The number of aromatic carboxylic acids is 1. The van der Waals surface area contributed by atoms with Crippen LogP contribution in [0.1, 0.15) is 57.3 Å². The maximum absolute atomic E-state index is 13.9. The lowest BCUT2D eigenvalue weighted by atomic mass is 10.0. The molecule has 6 aromatic rings. The third-order valence-electron chi connectivity index (χ3n) is 8.15. The van der Waals surface area contributed by atoms with Crippen LogP contribution in [0.4, 0.5) is 4.39 Å². The van der Waals surface area contributed by atoms with Crippen LogP contribution in [0, 0.1) is 12.7 Å². The molecule has 0 spiro atoms. The van der Waals surface area contributed by atoms with E-state index in [1.54, 1.807) is 18.2 Å². The van der Waals surface area contributed by atoms with Crippen LogP contribution in [0.5, 0.6) is 11.5 Å². The number of aromatic nitrogens is 1. The van der Waals surface area contributed by atoms with Crippen molar-refractivity contribution in [1.29, 1.82) is 0 Å². The number of benzene rings is 5. The maximum atomic E-state index is 13.9. The van der Waals surface area contributed by atoms with Crippen molar-refractivity contribution in [3.05, 3.63) is 170 Å². The lowest BCUT2D eigenvalue weighted by Gasteiger charge is -2.17. The van der Waals surface area contributed by atoms with Crippen LogP contribution >= 0.6 is 31.9 Å². The zero-order chi connectivity index (χ0) is 37.9. The number of ether oxygens (including phenoxy) is 2. The van der Waals surface area contributed by atoms with Gasteiger partial charge in [0.05, 0.1) is 16.8 Å². The number of carbonyl (C=O) groups is 3. The van der Waals surface area contributed by atoms with Crippen molar-refractivity contribution in [3.63, 3.8) is 0 Å². The molecule has 0 saturated heterocycles. The number of carboxylic acids is 1. The smallest absolute Gasteiger partial charge is 0.338 e. The van der Waals surface area contributed by atoms with Gasteiger partial charge in [-0.3, -0.25) is 4.79 Å². The average molecular weight is 842 g/mol. The Morgan fingerprint density at radius 2 is 1.26 bits per heavy atom. The monoisotopic (exact) mass is 839 g/mol. The summed E-state index contributed by atoms with van der Waals surface area (Å²) in [5, 5.41) is 9.33. The number of hydrogen-bond acceptors (Lipinski definition) is 5. The van der Waals surface area contributed by atoms with E-state index in [1.165, 1.54) is 19.1 Å². The summed E-state index contributed by atoms with van der Waals surface area (Å²) in [7, 11) is 0. The van der Waals surface area contributed by atoms with E-state index in [4.69, 9.17) is 9.47 Å². The molecule has 5 aromatic carbocycles. The summed E-state index contributed by atoms with van der Waals surface area (Å²) in [6.45, 7) is 4.21. The first-order valence-electron chi connectivity index (χ1n) is 16.7. The molecule has 0 amide bonds. The van der Waals surface area contributed by atoms with Gasteiger partial charge in [-0.2, -0.15) is 0 Å². The van der Waals surface area contributed by atoms with Crippen molar-refractivity contribution >= 4 is 49.4 Å². The molecule has 6 rings (SSSR count). The van der Waals surface area contributed by atoms with Crippen molar-refractivity contribution in [2.45, 2.75) is 39.9 Å². The maximum Gasteiger partial charge on any atom is 0.338 e. The summed E-state index contributed by atoms with van der Waals surface area (Å²) < 4.78 is 29.4. The van der Waals surface area contributed by atoms with E-state index in [-0.39, 0.29) is 30.0 Å². The van der Waals surface area contributed by atoms with Crippen LogP contribution < -0.4 is 9.47 Å². The van der Waals surface area contributed by atoms with Crippen LogP contribution in [0.3, 0.4) is 0 Å². The molecule has 0 saturated carbocycles. The van der Waals surface area contributed by atoms with Gasteiger partial charge < -0.3 is 23.9 Å². The van der Waals surface area contributed by atoms with E-state index in [0.29, 0.717) is 36.0 Å². The molecule has 7 nitrogen and oxygen atoms in total. The van der Waals surface area contributed by atoms with Crippen LogP contribution in [-0.4, -0.2) is 27.2 Å². The summed E-state index contributed by atoms with van der Waals surface area (Å²) in [5.41, 5.74) is 5.31. The number of carbonyl (C=O) groups excluding carboxylic acids is 2. The fourth-order valence-electron chi connectivity index (χ4n) is 5.48. The third kappa shape index (κ3) is 10.6. The lowest BCUT2D eigenvalue weighted by Crippen LogP contribution is -2.06. The minimum atomic E-state index is -1.31. The zero-order valence-electron chi connectivity index (χ0n) is 29.0. The zero-order valence-corrected chi connectivity index (χ0v) is 32.2. The van der Waals surface area contributed by atoms with E-state index in [0.717, 1.165) is 37.0 Å². The van der Waals surface area contributed by atoms with E-state index >= 15 is 0 Å². The largest absolute Gasteiger partial charge is 0.488 e. The van der Waals surface area contributed by atoms with E-state index in [2.05, 4.69) is 31.9 Å². The van der Waals surface area contributed by atoms with Crippen LogP contribution in [0.2, 0.25) is 0 Å². The van der Waals surface area contributed by atoms with Gasteiger partial charge in [-0.15, -0.1) is 0 Å². The summed E-state index contributed by atoms with van der Waals surface area (Å²) >= 11 is 6.89. The van der Waals surface area contributed by atoms with E-state index < -0.39 is 11.8 Å². The number of carboxylic acid groups (broad SMARTS) is 1. The van der Waals surface area contributed by atoms with Gasteiger partial charge in [0.15, 0.2) is 5.78 Å². The molecule has 0 radical (unpaired) electrons. The third-order valence-corrected chi connectivity index (χ3v) is 9.14. The summed E-state index contributed by atoms with van der Waals surface area (Å²) in [4.78, 5) is 34.8. The number of nitrogens with zero attached hydrogens (tertiary/aromatic N) is 1. The Labute approximate surface area is 324 Å². The molecule has 0 bridgehead atoms. The second kappa shape index (κ2) is 18.4. The fraction of sp³-hybridized carbons (Fsp3) is 0.140. The van der Waals surface area contributed by atoms with Gasteiger partial charge in [0.1, 0.15) is 36.3 Å². The minimum absolute atomic E-state index is 0.00935. The van der Waals surface area contributed by atoms with Crippen LogP contribution in [0.15, 0.2) is 136 Å². The Hall–Kier alpha value is -5.32. The van der Waals surface area contributed by atoms with Gasteiger partial charge >= 0.3 is 5.97 Å². The highest BCUT2D eigenvalue weighted by molar-refractivity contribution is 9.10. The lowest BCUT2D eigenvalue weighted by molar-refractivity contribution is -0.117. The number of Topliss-reactive ketones (excluding diaryl/α,β-unsaturated/α-hetero) is 2. The first-order valence-corrected chi connectivity index (χ1v) is 18.3. The molecule has 0 aliphatic carbocycles. The van der Waals surface area contributed by atoms with Gasteiger partial charge in [-0.05, 0) is 91.7 Å². The molecule has 0 fully saturated rings. The molecule has 1 aromatic heterocycles. The van der Waals surface area contributed by atoms with Crippen LogP contribution in [-0.2, 0) is 18.0 Å². The molecular formula is C43H36Br2FNO6. The van der Waals surface area contributed by atoms with Crippen molar-refractivity contribution in [3.8, 4) is 28.4 Å². The normalized spacial score (nSPS) is 10.6. The molecule has 10 heteroatoms. The second-order valence-corrected chi connectivity index (χ2v) is 14.0. The average Bonchev–Trinajstić information content (AvgIpc) is 3.54. The Morgan fingerprint density at radius 3 is 1.87 bits per heavy atom. The van der Waals surface area contributed by atoms with Crippen molar-refractivity contribution in [2.75, 3.05) is 0 Å². The predicted molar refractivity (Wildman–Crippen MR) is 210 cm³/mol. The predicted octanol–water partition coefficient (Wildman–Crippen LogP) is 11.2. The van der Waals surface area contributed by atoms with E-state index in [1.807, 2.05) is 109 Å². The Kier molecular flexibility index (Phi) is 13.5. The first kappa shape index (κ1) is 38.9. The first-order chi connectivity index (χ1) is 25.5. The summed E-state index contributed by atoms with van der Waals surface area (Å²) in [6.07, 6.45) is 0.455. The Balaban J connectivity index is 0.000000217. The van der Waals surface area contributed by atoms with Crippen molar-refractivity contribution in [1.82, 2.24) is 4.57 Å². The van der Waals surface area contributed by atoms with Gasteiger partial charge in [-0.1, -0.05) is 92.5 Å². The Morgan fingerprint density at radius 1 is 0.679 bits per heavy atom. The highest BCUT2D eigenvalue weighted by Crippen LogP contribution is 2.36. The van der Waals surface area contributed by atoms with E-state index in [9.17, 15) is 23.9 Å². The molecule has 270 valence electrons. The molecule has 0 unspecified atom stereocenters. The number of aryl methyl sites for hydroxylation is 1. The minimum Gasteiger partial charge on any atom is -0.488 e. The SMILES string of the molecule is CC(=O)CCC(=O)c1cc(Br)ccc1OCc1ccccc1.Cc1ccc(-c2cc(Br)ccc2OCc2ccccc2)n1-c1ccc(F)c(C(=O)O)c1. The second-order valence-electron chi connectivity index (χ2n) is 12.1. The molecule has 53 heavy (non-hydrogen) atoms. The number of rotatable bonds is 13. The highest BCUT2D eigenvalue weighted by atomic mass is 79.9. The highest BCUT2D eigenvalue weighted by Gasteiger charge is 2.18. The topological polar surface area (TPSA) is 94.8 Å². The summed E-state index contributed by atoms with van der Waals surface area (Å²) in [6, 6.07) is 38.7. The number of halogens is 3. The quantitative estimate of drug-likeness (QED) is 0.116. The standard InChI is InChI=1S/C25H19BrFNO3.C18H17BrO3/c1-16-7-11-23(28(16)19-9-10-22(27)20(14-19)25(29)30)21-13-18(26)8-12-24(21)31-15-17-5-3-2-4-6-17;1-13(20)7-9-17(21)16-11-15(19)8-10-18(16)22-12-14-5-3-2-4-6-14/h2-14H,15H2,1H3,(H,29,30);2-6,8,10-11H,7,9,12H2,1H3. The van der Waals surface area contributed by atoms with Gasteiger partial charge in [0.2, 0.25) is 0 Å². The molecule has 1 heterocycles. The molecule has 0 aliphatic rings. The van der Waals surface area contributed by atoms with Crippen molar-refractivity contribution in [2.24, 2.45) is 0 Å². The molecule has 1 N–H and O–H groups in total. The molecular weight excluding hydrogens is 805 g/mol. The summed E-state index contributed by atoms with van der Waals surface area (Å²) in [5.74, 6) is -0.917. The van der Waals surface area contributed by atoms with Gasteiger partial charge in [0.25, 0.3) is 0 Å². The van der Waals surface area contributed by atoms with Crippen molar-refractivity contribution < 1.29 is 33.4 Å². The van der Waals surface area contributed by atoms with Gasteiger partial charge in [-0.25, -0.2) is 9.18 Å².